The molecule has 0 spiro atoms. The van der Waals surface area contributed by atoms with E-state index in [4.69, 9.17) is 4.74 Å². The van der Waals surface area contributed by atoms with Crippen LogP contribution in [0.5, 0.6) is 5.75 Å². The van der Waals surface area contributed by atoms with Crippen LogP contribution in [-0.4, -0.2) is 32.7 Å². The molecule has 1 amide bonds. The normalized spacial score (nSPS) is 17.8. The van der Waals surface area contributed by atoms with Crippen molar-refractivity contribution in [3.8, 4) is 5.75 Å². The van der Waals surface area contributed by atoms with Crippen LogP contribution in [0.1, 0.15) is 22.8 Å². The molecule has 3 rings (SSSR count). The van der Waals surface area contributed by atoms with Gasteiger partial charge in [-0.2, -0.15) is 0 Å². The summed E-state index contributed by atoms with van der Waals surface area (Å²) >= 11 is 0. The van der Waals surface area contributed by atoms with E-state index >= 15 is 0 Å². The van der Waals surface area contributed by atoms with Gasteiger partial charge in [-0.25, -0.2) is 8.42 Å². The van der Waals surface area contributed by atoms with Crippen molar-refractivity contribution in [2.75, 3.05) is 17.3 Å². The van der Waals surface area contributed by atoms with E-state index in [0.29, 0.717) is 23.6 Å². The van der Waals surface area contributed by atoms with Gasteiger partial charge in [0.1, 0.15) is 5.75 Å². The van der Waals surface area contributed by atoms with Gasteiger partial charge in [0.25, 0.3) is 5.91 Å². The lowest BCUT2D eigenvalue weighted by Gasteiger charge is -2.28. The summed E-state index contributed by atoms with van der Waals surface area (Å²) in [6, 6.07) is 13.9. The van der Waals surface area contributed by atoms with E-state index in [-0.39, 0.29) is 11.7 Å². The average molecular weight is 371 g/mol. The first-order chi connectivity index (χ1) is 12.4. The van der Waals surface area contributed by atoms with Crippen LogP contribution in [0.25, 0.3) is 0 Å². The SMILES string of the molecule is CCOc1ccccc1C(=O)N(c1ccc(C)cc1)[C@@H]1C=CS(=O)(=O)C1. The first kappa shape index (κ1) is 18.2. The third-order valence-electron chi connectivity index (χ3n) is 4.19. The molecule has 26 heavy (non-hydrogen) atoms. The number of carbonyl (C=O) groups is 1. The summed E-state index contributed by atoms with van der Waals surface area (Å²) < 4.78 is 29.4. The number of amides is 1. The van der Waals surface area contributed by atoms with E-state index < -0.39 is 15.9 Å². The fraction of sp³-hybridized carbons (Fsp3) is 0.250. The summed E-state index contributed by atoms with van der Waals surface area (Å²) in [6.07, 6.45) is 1.57. The van der Waals surface area contributed by atoms with E-state index in [9.17, 15) is 13.2 Å². The zero-order chi connectivity index (χ0) is 18.7. The summed E-state index contributed by atoms with van der Waals surface area (Å²) in [7, 11) is -3.30. The smallest absolute Gasteiger partial charge is 0.262 e. The number of anilines is 1. The number of benzene rings is 2. The second-order valence-corrected chi connectivity index (χ2v) is 8.10. The van der Waals surface area contributed by atoms with Crippen LogP contribution in [0.4, 0.5) is 5.69 Å². The number of ether oxygens (including phenoxy) is 1. The zero-order valence-corrected chi connectivity index (χ0v) is 15.6. The van der Waals surface area contributed by atoms with Gasteiger partial charge in [-0.1, -0.05) is 29.8 Å². The molecule has 0 radical (unpaired) electrons. The Morgan fingerprint density at radius 3 is 2.46 bits per heavy atom. The van der Waals surface area contributed by atoms with Crippen molar-refractivity contribution in [1.29, 1.82) is 0 Å². The van der Waals surface area contributed by atoms with Gasteiger partial charge in [-0.15, -0.1) is 0 Å². The molecular formula is C20H21NO4S. The molecule has 2 aromatic carbocycles. The Kier molecular flexibility index (Phi) is 5.13. The fourth-order valence-electron chi connectivity index (χ4n) is 2.94. The third kappa shape index (κ3) is 3.80. The second-order valence-electron chi connectivity index (χ2n) is 6.17. The quantitative estimate of drug-likeness (QED) is 0.809. The highest BCUT2D eigenvalue weighted by Gasteiger charge is 2.33. The van der Waals surface area contributed by atoms with Crippen molar-refractivity contribution in [1.82, 2.24) is 0 Å². The van der Waals surface area contributed by atoms with Crippen molar-refractivity contribution in [3.05, 3.63) is 71.1 Å². The Bertz CT molecular complexity index is 933. The topological polar surface area (TPSA) is 63.7 Å². The monoisotopic (exact) mass is 371 g/mol. The van der Waals surface area contributed by atoms with Gasteiger partial charge in [-0.3, -0.25) is 4.79 Å². The summed E-state index contributed by atoms with van der Waals surface area (Å²) in [5.41, 5.74) is 2.12. The molecule has 0 bridgehead atoms. The molecular weight excluding hydrogens is 350 g/mol. The molecule has 136 valence electrons. The lowest BCUT2D eigenvalue weighted by atomic mass is 10.1. The van der Waals surface area contributed by atoms with Crippen LogP contribution in [0.3, 0.4) is 0 Å². The number of hydrogen-bond acceptors (Lipinski definition) is 4. The first-order valence-corrected chi connectivity index (χ1v) is 10.2. The van der Waals surface area contributed by atoms with Gasteiger partial charge < -0.3 is 9.64 Å². The van der Waals surface area contributed by atoms with E-state index in [1.807, 2.05) is 38.1 Å². The largest absolute Gasteiger partial charge is 0.493 e. The third-order valence-corrected chi connectivity index (χ3v) is 5.57. The number of hydrogen-bond donors (Lipinski definition) is 0. The molecule has 6 heteroatoms. The second kappa shape index (κ2) is 7.33. The Morgan fingerprint density at radius 1 is 1.15 bits per heavy atom. The minimum Gasteiger partial charge on any atom is -0.493 e. The molecule has 1 aliphatic rings. The summed E-state index contributed by atoms with van der Waals surface area (Å²) in [5.74, 6) is 0.0789. The fourth-order valence-corrected chi connectivity index (χ4v) is 4.21. The van der Waals surface area contributed by atoms with Crippen LogP contribution in [-0.2, 0) is 9.84 Å². The van der Waals surface area contributed by atoms with Gasteiger partial charge in [-0.05, 0) is 44.2 Å². The maximum absolute atomic E-state index is 13.3. The molecule has 1 heterocycles. The summed E-state index contributed by atoms with van der Waals surface area (Å²) in [5, 5.41) is 1.18. The van der Waals surface area contributed by atoms with Crippen molar-refractivity contribution >= 4 is 21.4 Å². The Labute approximate surface area is 153 Å². The van der Waals surface area contributed by atoms with E-state index in [1.54, 1.807) is 30.3 Å². The molecule has 5 nitrogen and oxygen atoms in total. The summed E-state index contributed by atoms with van der Waals surface area (Å²) in [6.45, 7) is 4.25. The minimum absolute atomic E-state index is 0.122. The van der Waals surface area contributed by atoms with Crippen LogP contribution in [0.2, 0.25) is 0 Å². The summed E-state index contributed by atoms with van der Waals surface area (Å²) in [4.78, 5) is 14.9. The Morgan fingerprint density at radius 2 is 1.85 bits per heavy atom. The van der Waals surface area contributed by atoms with Gasteiger partial charge in [0.15, 0.2) is 9.84 Å². The zero-order valence-electron chi connectivity index (χ0n) is 14.8. The lowest BCUT2D eigenvalue weighted by molar-refractivity contribution is 0.0979. The van der Waals surface area contributed by atoms with Gasteiger partial charge in [0.05, 0.1) is 24.0 Å². The van der Waals surface area contributed by atoms with Crippen molar-refractivity contribution < 1.29 is 17.9 Å². The van der Waals surface area contributed by atoms with E-state index in [0.717, 1.165) is 5.56 Å². The van der Waals surface area contributed by atoms with Gasteiger partial charge in [0.2, 0.25) is 0 Å². The van der Waals surface area contributed by atoms with Gasteiger partial charge >= 0.3 is 0 Å². The maximum atomic E-state index is 13.3. The predicted octanol–water partition coefficient (Wildman–Crippen LogP) is 3.35. The molecule has 0 fully saturated rings. The van der Waals surface area contributed by atoms with Crippen LogP contribution in [0, 0.1) is 6.92 Å². The molecule has 0 aromatic heterocycles. The molecule has 1 aliphatic heterocycles. The number of carbonyl (C=O) groups excluding carboxylic acids is 1. The standard InChI is InChI=1S/C20H21NO4S/c1-3-25-19-7-5-4-6-18(19)20(22)21(16-10-8-15(2)9-11-16)17-12-13-26(23,24)14-17/h4-13,17H,3,14H2,1-2H3/t17-/m1/s1. The van der Waals surface area contributed by atoms with E-state index in [2.05, 4.69) is 0 Å². The van der Waals surface area contributed by atoms with Crippen molar-refractivity contribution in [2.24, 2.45) is 0 Å². The highest BCUT2D eigenvalue weighted by molar-refractivity contribution is 7.94. The molecule has 0 N–H and O–H groups in total. The highest BCUT2D eigenvalue weighted by Crippen LogP contribution is 2.28. The van der Waals surface area contributed by atoms with Crippen molar-refractivity contribution in [3.63, 3.8) is 0 Å². The van der Waals surface area contributed by atoms with Crippen LogP contribution >= 0.6 is 0 Å². The van der Waals surface area contributed by atoms with Crippen molar-refractivity contribution in [2.45, 2.75) is 19.9 Å². The predicted molar refractivity (Wildman–Crippen MR) is 102 cm³/mol. The van der Waals surface area contributed by atoms with Crippen LogP contribution in [0.15, 0.2) is 60.0 Å². The molecule has 1 atom stereocenters. The maximum Gasteiger partial charge on any atom is 0.262 e. The molecule has 0 saturated carbocycles. The van der Waals surface area contributed by atoms with E-state index in [1.165, 1.54) is 10.3 Å². The molecule has 0 saturated heterocycles. The highest BCUT2D eigenvalue weighted by atomic mass is 32.2. The Hall–Kier alpha value is -2.60. The average Bonchev–Trinajstić information content (AvgIpc) is 2.97. The lowest BCUT2D eigenvalue weighted by Crippen LogP contribution is -2.41. The Balaban J connectivity index is 2.05. The number of nitrogens with zero attached hydrogens (tertiary/aromatic N) is 1. The molecule has 2 aromatic rings. The number of rotatable bonds is 5. The minimum atomic E-state index is -3.30. The first-order valence-electron chi connectivity index (χ1n) is 8.44. The number of aryl methyl sites for hydroxylation is 1. The van der Waals surface area contributed by atoms with Crippen LogP contribution < -0.4 is 9.64 Å². The number of para-hydroxylation sites is 1. The molecule has 0 unspecified atom stereocenters. The molecule has 0 aliphatic carbocycles. The van der Waals surface area contributed by atoms with Gasteiger partial charge in [0, 0.05) is 11.1 Å². The number of sulfone groups is 1.